The van der Waals surface area contributed by atoms with Crippen LogP contribution in [-0.4, -0.2) is 8.07 Å². The normalized spacial score (nSPS) is 12.8. The molecule has 0 radical (unpaired) electrons. The fourth-order valence-electron chi connectivity index (χ4n) is 3.85. The Morgan fingerprint density at radius 3 is 1.86 bits per heavy atom. The molecular weight excluding hydrogens is 348 g/mol. The van der Waals surface area contributed by atoms with Crippen molar-refractivity contribution in [1.29, 1.82) is 0 Å². The van der Waals surface area contributed by atoms with Gasteiger partial charge in [0.05, 0.1) is 8.07 Å². The third kappa shape index (κ3) is 4.69. The average molecular weight is 379 g/mol. The van der Waals surface area contributed by atoms with Crippen LogP contribution in [0.5, 0.6) is 0 Å². The first-order valence-corrected chi connectivity index (χ1v) is 11.5. The second kappa shape index (κ2) is 8.31. The fraction of sp³-hybridized carbons (Fsp3) is 0.500. The van der Waals surface area contributed by atoms with Gasteiger partial charge in [-0.05, 0) is 23.7 Å². The van der Waals surface area contributed by atoms with E-state index in [9.17, 15) is 0 Å². The summed E-state index contributed by atoms with van der Waals surface area (Å²) in [5.74, 6) is 0. The van der Waals surface area contributed by atoms with Crippen LogP contribution >= 0.6 is 15.9 Å². The molecule has 0 N–H and O–H groups in total. The molecule has 0 fully saturated rings. The number of benzene rings is 1. The van der Waals surface area contributed by atoms with Crippen LogP contribution in [0.1, 0.15) is 47.1 Å². The maximum absolute atomic E-state index is 4.36. The molecule has 0 bridgehead atoms. The van der Waals surface area contributed by atoms with Gasteiger partial charge in [-0.15, -0.1) is 0 Å². The number of rotatable bonds is 7. The Kier molecular flexibility index (Phi) is 7.34. The Hall–Kier alpha value is -0.603. The van der Waals surface area contributed by atoms with Crippen molar-refractivity contribution in [3.05, 3.63) is 52.5 Å². The van der Waals surface area contributed by atoms with Crippen molar-refractivity contribution >= 4 is 30.1 Å². The minimum atomic E-state index is -1.40. The molecule has 22 heavy (non-hydrogen) atoms. The van der Waals surface area contributed by atoms with Crippen LogP contribution in [0.15, 0.2) is 47.0 Å². The number of hydrogen-bond acceptors (Lipinski definition) is 0. The van der Waals surface area contributed by atoms with Crippen LogP contribution in [0.25, 0.3) is 6.08 Å². The third-order valence-corrected chi connectivity index (χ3v) is 13.2. The van der Waals surface area contributed by atoms with Crippen LogP contribution in [0.4, 0.5) is 0 Å². The van der Waals surface area contributed by atoms with E-state index < -0.39 is 8.07 Å². The third-order valence-electron chi connectivity index (χ3n) is 5.14. The Morgan fingerprint density at radius 2 is 1.45 bits per heavy atom. The summed E-state index contributed by atoms with van der Waals surface area (Å²) in [5, 5.41) is 0. The van der Waals surface area contributed by atoms with Gasteiger partial charge in [0, 0.05) is 4.47 Å². The molecule has 1 aromatic carbocycles. The van der Waals surface area contributed by atoms with E-state index in [4.69, 9.17) is 0 Å². The monoisotopic (exact) mass is 378 g/mol. The van der Waals surface area contributed by atoms with Crippen LogP contribution in [-0.2, 0) is 0 Å². The molecule has 0 spiro atoms. The van der Waals surface area contributed by atoms with Gasteiger partial charge in [-0.2, -0.15) is 0 Å². The predicted octanol–water partition coefficient (Wildman–Crippen LogP) is 7.70. The lowest BCUT2D eigenvalue weighted by Crippen LogP contribution is -2.44. The molecule has 1 aromatic rings. The van der Waals surface area contributed by atoms with Crippen LogP contribution < -0.4 is 0 Å². The molecule has 1 rings (SSSR count). The Labute approximate surface area is 146 Å². The molecule has 0 nitrogen and oxygen atoms in total. The first-order valence-electron chi connectivity index (χ1n) is 8.31. The van der Waals surface area contributed by atoms with Gasteiger partial charge < -0.3 is 0 Å². The molecule has 0 heterocycles. The van der Waals surface area contributed by atoms with E-state index >= 15 is 0 Å². The van der Waals surface area contributed by atoms with E-state index in [1.165, 1.54) is 17.2 Å². The lowest BCUT2D eigenvalue weighted by atomic mass is 10.2. The highest BCUT2D eigenvalue weighted by molar-refractivity contribution is 9.10. The van der Waals surface area contributed by atoms with E-state index in [0.717, 1.165) is 21.1 Å². The molecule has 0 saturated heterocycles. The SMILES string of the molecule is C=C(/C=C/c1ccc(Br)cc1)C[Si](C(C)C)(C(C)C)C(C)C. The Bertz CT molecular complexity index is 487. The summed E-state index contributed by atoms with van der Waals surface area (Å²) >= 11 is 3.48. The summed E-state index contributed by atoms with van der Waals surface area (Å²) in [5.41, 5.74) is 4.86. The standard InChI is InChI=1S/C20H31BrSi/c1-15(2)22(16(3)4,17(5)6)14-18(7)8-9-19-10-12-20(21)13-11-19/h8-13,15-17H,7,14H2,1-6H3/b9-8+. The molecule has 0 atom stereocenters. The van der Waals surface area contributed by atoms with Gasteiger partial charge in [0.25, 0.3) is 0 Å². The van der Waals surface area contributed by atoms with E-state index in [1.807, 2.05) is 0 Å². The van der Waals surface area contributed by atoms with Gasteiger partial charge in [0.1, 0.15) is 0 Å². The molecule has 0 unspecified atom stereocenters. The van der Waals surface area contributed by atoms with Gasteiger partial charge in [0.2, 0.25) is 0 Å². The highest BCUT2D eigenvalue weighted by Gasteiger charge is 2.42. The Morgan fingerprint density at radius 1 is 1.00 bits per heavy atom. The van der Waals surface area contributed by atoms with Gasteiger partial charge in [-0.1, -0.05) is 111 Å². The van der Waals surface area contributed by atoms with Gasteiger partial charge in [0.15, 0.2) is 0 Å². The largest absolute Gasteiger partial charge is 0.0961 e. The molecular formula is C20H31BrSi. The molecule has 0 amide bonds. The quantitative estimate of drug-likeness (QED) is 0.336. The maximum atomic E-state index is 4.36. The van der Waals surface area contributed by atoms with Crippen molar-refractivity contribution < 1.29 is 0 Å². The van der Waals surface area contributed by atoms with Crippen molar-refractivity contribution in [2.24, 2.45) is 0 Å². The van der Waals surface area contributed by atoms with Crippen molar-refractivity contribution in [1.82, 2.24) is 0 Å². The van der Waals surface area contributed by atoms with Crippen molar-refractivity contribution in [3.63, 3.8) is 0 Å². The van der Waals surface area contributed by atoms with Gasteiger partial charge in [-0.3, -0.25) is 0 Å². The summed E-state index contributed by atoms with van der Waals surface area (Å²) in [6.07, 6.45) is 4.41. The minimum Gasteiger partial charge on any atom is -0.0961 e. The smallest absolute Gasteiger partial charge is 0.0656 e. The number of allylic oxidation sites excluding steroid dienone is 2. The summed E-state index contributed by atoms with van der Waals surface area (Å²) in [6, 6.07) is 9.63. The maximum Gasteiger partial charge on any atom is 0.0656 e. The topological polar surface area (TPSA) is 0 Å². The zero-order chi connectivity index (χ0) is 16.9. The van der Waals surface area contributed by atoms with E-state index in [1.54, 1.807) is 0 Å². The first-order chi connectivity index (χ1) is 10.2. The summed E-state index contributed by atoms with van der Waals surface area (Å²) in [6.45, 7) is 18.8. The minimum absolute atomic E-state index is 0.783. The highest BCUT2D eigenvalue weighted by atomic mass is 79.9. The summed E-state index contributed by atoms with van der Waals surface area (Å²) in [4.78, 5) is 0. The Balaban J connectivity index is 2.90. The van der Waals surface area contributed by atoms with E-state index in [-0.39, 0.29) is 0 Å². The summed E-state index contributed by atoms with van der Waals surface area (Å²) < 4.78 is 1.12. The molecule has 0 aliphatic carbocycles. The molecule has 2 heteroatoms. The van der Waals surface area contributed by atoms with Gasteiger partial charge in [-0.25, -0.2) is 0 Å². The van der Waals surface area contributed by atoms with Crippen LogP contribution in [0.2, 0.25) is 22.7 Å². The predicted molar refractivity (Wildman–Crippen MR) is 108 cm³/mol. The zero-order valence-corrected chi connectivity index (χ0v) is 17.6. The van der Waals surface area contributed by atoms with Crippen molar-refractivity contribution in [2.75, 3.05) is 0 Å². The number of hydrogen-bond donors (Lipinski definition) is 0. The lowest BCUT2D eigenvalue weighted by Gasteiger charge is -2.43. The van der Waals surface area contributed by atoms with Crippen LogP contribution in [0, 0.1) is 0 Å². The molecule has 0 saturated carbocycles. The lowest BCUT2D eigenvalue weighted by molar-refractivity contribution is 0.808. The molecule has 0 aliphatic rings. The fourth-order valence-corrected chi connectivity index (χ4v) is 10.2. The second-order valence-electron chi connectivity index (χ2n) is 7.30. The molecule has 0 aromatic heterocycles. The first kappa shape index (κ1) is 19.4. The van der Waals surface area contributed by atoms with E-state index in [2.05, 4.69) is 100 Å². The van der Waals surface area contributed by atoms with Crippen molar-refractivity contribution in [2.45, 2.75) is 64.2 Å². The summed E-state index contributed by atoms with van der Waals surface area (Å²) in [7, 11) is -1.40. The zero-order valence-electron chi connectivity index (χ0n) is 15.0. The average Bonchev–Trinajstić information content (AvgIpc) is 2.43. The second-order valence-corrected chi connectivity index (χ2v) is 14.3. The molecule has 0 aliphatic heterocycles. The highest BCUT2D eigenvalue weighted by Crippen LogP contribution is 2.46. The molecule has 122 valence electrons. The van der Waals surface area contributed by atoms with Crippen LogP contribution in [0.3, 0.4) is 0 Å². The van der Waals surface area contributed by atoms with Gasteiger partial charge >= 0.3 is 0 Å². The van der Waals surface area contributed by atoms with E-state index in [0.29, 0.717) is 0 Å². The van der Waals surface area contributed by atoms with Crippen molar-refractivity contribution in [3.8, 4) is 0 Å². The number of halogens is 1.